The van der Waals surface area contributed by atoms with Crippen molar-refractivity contribution in [2.24, 2.45) is 5.92 Å². The molecule has 0 radical (unpaired) electrons. The quantitative estimate of drug-likeness (QED) is 0.635. The highest BCUT2D eigenvalue weighted by atomic mass is 16.5. The minimum atomic E-state index is -1.49. The average Bonchev–Trinajstić information content (AvgIpc) is 3.35. The summed E-state index contributed by atoms with van der Waals surface area (Å²) < 4.78 is 1.66. The molecule has 0 saturated heterocycles. The van der Waals surface area contributed by atoms with E-state index >= 15 is 0 Å². The van der Waals surface area contributed by atoms with Gasteiger partial charge in [0.25, 0.3) is 0 Å². The number of fused-ring (bicyclic) bond motifs is 1. The third kappa shape index (κ3) is 2.75. The van der Waals surface area contributed by atoms with Gasteiger partial charge in [-0.15, -0.1) is 5.10 Å². The molecular weight excluding hydrogens is 308 g/mol. The zero-order valence-electron chi connectivity index (χ0n) is 12.8. The molecule has 1 aliphatic rings. The largest absolute Gasteiger partial charge is 0.364 e. The van der Waals surface area contributed by atoms with E-state index in [4.69, 9.17) is 0 Å². The lowest BCUT2D eigenvalue weighted by Crippen LogP contribution is -2.14. The second-order valence-electron chi connectivity index (χ2n) is 5.88. The molecule has 0 spiro atoms. The number of anilines is 1. The van der Waals surface area contributed by atoms with Gasteiger partial charge in [0.2, 0.25) is 11.9 Å². The van der Waals surface area contributed by atoms with Gasteiger partial charge >= 0.3 is 0 Å². The summed E-state index contributed by atoms with van der Waals surface area (Å²) in [5, 5.41) is 25.5. The fourth-order valence-electron chi connectivity index (χ4n) is 2.56. The van der Waals surface area contributed by atoms with Crippen LogP contribution in [0.5, 0.6) is 0 Å². The van der Waals surface area contributed by atoms with Gasteiger partial charge in [0.15, 0.2) is 11.9 Å². The summed E-state index contributed by atoms with van der Waals surface area (Å²) >= 11 is 0. The van der Waals surface area contributed by atoms with Gasteiger partial charge < -0.3 is 10.2 Å². The van der Waals surface area contributed by atoms with Crippen LogP contribution in [-0.2, 0) is 4.79 Å². The van der Waals surface area contributed by atoms with E-state index in [-0.39, 0.29) is 11.8 Å². The van der Waals surface area contributed by atoms with Crippen LogP contribution < -0.4 is 5.32 Å². The Labute approximate surface area is 137 Å². The second kappa shape index (κ2) is 5.70. The monoisotopic (exact) mass is 324 g/mol. The molecule has 0 atom stereocenters. The Bertz CT molecular complexity index is 898. The number of amides is 1. The SMILES string of the molecule is O=C(Nc1nc2cccc(-c3ccc(C(O)O)cc3)n2n1)C1CC1. The maximum absolute atomic E-state index is 11.9. The molecule has 24 heavy (non-hydrogen) atoms. The number of pyridine rings is 1. The van der Waals surface area contributed by atoms with Crippen molar-refractivity contribution in [3.8, 4) is 11.3 Å². The molecule has 0 aliphatic heterocycles. The Hall–Kier alpha value is -2.77. The summed E-state index contributed by atoms with van der Waals surface area (Å²) in [5.74, 6) is 0.351. The molecule has 4 rings (SSSR count). The molecule has 1 aliphatic carbocycles. The normalized spacial score (nSPS) is 14.3. The highest BCUT2D eigenvalue weighted by Gasteiger charge is 2.30. The van der Waals surface area contributed by atoms with E-state index < -0.39 is 6.29 Å². The Morgan fingerprint density at radius 1 is 1.17 bits per heavy atom. The van der Waals surface area contributed by atoms with Gasteiger partial charge in [-0.3, -0.25) is 10.1 Å². The smallest absolute Gasteiger partial charge is 0.249 e. The third-order valence-corrected chi connectivity index (χ3v) is 4.05. The molecule has 122 valence electrons. The number of aliphatic hydroxyl groups excluding tert-OH is 1. The first-order valence-corrected chi connectivity index (χ1v) is 7.75. The predicted octanol–water partition coefficient (Wildman–Crippen LogP) is 1.73. The van der Waals surface area contributed by atoms with Crippen LogP contribution in [0, 0.1) is 5.92 Å². The molecule has 7 heteroatoms. The Morgan fingerprint density at radius 2 is 1.92 bits per heavy atom. The average molecular weight is 324 g/mol. The number of rotatable bonds is 4. The molecule has 1 fully saturated rings. The third-order valence-electron chi connectivity index (χ3n) is 4.05. The number of hydrogen-bond donors (Lipinski definition) is 3. The van der Waals surface area contributed by atoms with Crippen LogP contribution in [0.1, 0.15) is 24.7 Å². The van der Waals surface area contributed by atoms with E-state index in [1.807, 2.05) is 18.2 Å². The first-order chi connectivity index (χ1) is 11.6. The molecule has 2 heterocycles. The van der Waals surface area contributed by atoms with Crippen molar-refractivity contribution in [2.45, 2.75) is 19.1 Å². The number of aliphatic hydroxyl groups is 2. The molecular formula is C17H16N4O3. The summed E-state index contributed by atoms with van der Waals surface area (Å²) in [7, 11) is 0. The summed E-state index contributed by atoms with van der Waals surface area (Å²) in [4.78, 5) is 16.2. The lowest BCUT2D eigenvalue weighted by molar-refractivity contribution is -0.117. The topological polar surface area (TPSA) is 99.8 Å². The van der Waals surface area contributed by atoms with E-state index in [1.54, 1.807) is 28.8 Å². The molecule has 0 unspecified atom stereocenters. The number of nitrogens with one attached hydrogen (secondary N) is 1. The van der Waals surface area contributed by atoms with Crippen molar-refractivity contribution in [1.29, 1.82) is 0 Å². The predicted molar refractivity (Wildman–Crippen MR) is 87.0 cm³/mol. The van der Waals surface area contributed by atoms with Gasteiger partial charge in [0.1, 0.15) is 0 Å². The van der Waals surface area contributed by atoms with E-state index in [0.717, 1.165) is 24.1 Å². The minimum absolute atomic E-state index is 0.0336. The van der Waals surface area contributed by atoms with E-state index in [0.29, 0.717) is 17.2 Å². The Balaban J connectivity index is 1.69. The minimum Gasteiger partial charge on any atom is -0.364 e. The van der Waals surface area contributed by atoms with Crippen LogP contribution in [0.3, 0.4) is 0 Å². The van der Waals surface area contributed by atoms with Crippen molar-refractivity contribution < 1.29 is 15.0 Å². The highest BCUT2D eigenvalue weighted by molar-refractivity contribution is 5.92. The van der Waals surface area contributed by atoms with Gasteiger partial charge in [-0.2, -0.15) is 4.98 Å². The van der Waals surface area contributed by atoms with Crippen LogP contribution in [-0.4, -0.2) is 30.7 Å². The first kappa shape index (κ1) is 14.8. The van der Waals surface area contributed by atoms with Crippen molar-refractivity contribution in [1.82, 2.24) is 14.6 Å². The lowest BCUT2D eigenvalue weighted by Gasteiger charge is -2.07. The highest BCUT2D eigenvalue weighted by Crippen LogP contribution is 2.30. The van der Waals surface area contributed by atoms with Crippen LogP contribution in [0.15, 0.2) is 42.5 Å². The van der Waals surface area contributed by atoms with E-state index in [1.165, 1.54) is 0 Å². The van der Waals surface area contributed by atoms with Gasteiger partial charge in [0, 0.05) is 17.0 Å². The summed E-state index contributed by atoms with van der Waals surface area (Å²) in [5.41, 5.74) is 2.70. The number of aromatic nitrogens is 3. The Morgan fingerprint density at radius 3 is 2.58 bits per heavy atom. The zero-order valence-corrected chi connectivity index (χ0v) is 12.8. The zero-order chi connectivity index (χ0) is 16.7. The Kier molecular flexibility index (Phi) is 3.51. The number of nitrogens with zero attached hydrogens (tertiary/aromatic N) is 3. The lowest BCUT2D eigenvalue weighted by atomic mass is 10.1. The maximum Gasteiger partial charge on any atom is 0.249 e. The first-order valence-electron chi connectivity index (χ1n) is 7.75. The fourth-order valence-corrected chi connectivity index (χ4v) is 2.56. The molecule has 3 aromatic rings. The van der Waals surface area contributed by atoms with E-state index in [9.17, 15) is 15.0 Å². The fraction of sp³-hybridized carbons (Fsp3) is 0.235. The molecule has 1 saturated carbocycles. The van der Waals surface area contributed by atoms with Crippen LogP contribution >= 0.6 is 0 Å². The van der Waals surface area contributed by atoms with Gasteiger partial charge in [-0.25, -0.2) is 4.52 Å². The van der Waals surface area contributed by atoms with Crippen LogP contribution in [0.4, 0.5) is 5.95 Å². The number of carbonyl (C=O) groups excluding carboxylic acids is 1. The molecule has 7 nitrogen and oxygen atoms in total. The molecule has 0 bridgehead atoms. The number of carbonyl (C=O) groups is 1. The van der Waals surface area contributed by atoms with Crippen LogP contribution in [0.25, 0.3) is 16.9 Å². The molecule has 1 aromatic carbocycles. The maximum atomic E-state index is 11.9. The molecule has 2 aromatic heterocycles. The van der Waals surface area contributed by atoms with Crippen molar-refractivity contribution in [2.75, 3.05) is 5.32 Å². The summed E-state index contributed by atoms with van der Waals surface area (Å²) in [6, 6.07) is 12.4. The second-order valence-corrected chi connectivity index (χ2v) is 5.88. The molecule has 1 amide bonds. The number of benzene rings is 1. The van der Waals surface area contributed by atoms with Gasteiger partial charge in [-0.1, -0.05) is 30.3 Å². The standard InChI is InChI=1S/C17H16N4O3/c22-15(11-6-7-11)19-17-18-14-3-1-2-13(21(14)20-17)10-4-8-12(9-5-10)16(23)24/h1-5,8-9,11,16,23-24H,6-7H2,(H,19,20,22). The summed E-state index contributed by atoms with van der Waals surface area (Å²) in [6.45, 7) is 0. The summed E-state index contributed by atoms with van der Waals surface area (Å²) in [6.07, 6.45) is 0.353. The van der Waals surface area contributed by atoms with Crippen molar-refractivity contribution in [3.05, 3.63) is 48.0 Å². The number of hydrogen-bond acceptors (Lipinski definition) is 5. The van der Waals surface area contributed by atoms with Crippen molar-refractivity contribution in [3.63, 3.8) is 0 Å². The molecule has 3 N–H and O–H groups in total. The van der Waals surface area contributed by atoms with Crippen molar-refractivity contribution >= 4 is 17.5 Å². The van der Waals surface area contributed by atoms with Gasteiger partial charge in [0.05, 0.1) is 5.69 Å². The van der Waals surface area contributed by atoms with Gasteiger partial charge in [-0.05, 0) is 25.0 Å². The van der Waals surface area contributed by atoms with Crippen LogP contribution in [0.2, 0.25) is 0 Å². The van der Waals surface area contributed by atoms with E-state index in [2.05, 4.69) is 15.4 Å².